The lowest BCUT2D eigenvalue weighted by atomic mass is 10.4. The van der Waals surface area contributed by atoms with Gasteiger partial charge in [-0.2, -0.15) is 0 Å². The van der Waals surface area contributed by atoms with Crippen molar-refractivity contribution in [3.8, 4) is 0 Å². The van der Waals surface area contributed by atoms with Gasteiger partial charge in [0.25, 0.3) is 0 Å². The summed E-state index contributed by atoms with van der Waals surface area (Å²) in [6, 6.07) is -0.143. The summed E-state index contributed by atoms with van der Waals surface area (Å²) >= 11 is 0. The van der Waals surface area contributed by atoms with Crippen LogP contribution in [0, 0.1) is 0 Å². The van der Waals surface area contributed by atoms with E-state index in [-0.39, 0.29) is 11.8 Å². The average Bonchev–Trinajstić information content (AvgIpc) is 2.53. The van der Waals surface area contributed by atoms with Crippen LogP contribution in [0.1, 0.15) is 13.3 Å². The van der Waals surface area contributed by atoms with Crippen molar-refractivity contribution in [1.29, 1.82) is 0 Å². The number of nitrogens with zero attached hydrogens (tertiary/aromatic N) is 2. The van der Waals surface area contributed by atoms with Crippen LogP contribution in [0.5, 0.6) is 0 Å². The molecule has 16 heavy (non-hydrogen) atoms. The zero-order chi connectivity index (χ0) is 12.2. The van der Waals surface area contributed by atoms with Crippen LogP contribution in [-0.4, -0.2) is 62.6 Å². The van der Waals surface area contributed by atoms with Gasteiger partial charge in [-0.15, -0.1) is 0 Å². The average molecular weight is 249 g/mol. The Labute approximate surface area is 96.6 Å². The van der Waals surface area contributed by atoms with E-state index in [1.807, 2.05) is 0 Å². The Bertz CT molecular complexity index is 342. The maximum absolute atomic E-state index is 11.7. The molecule has 94 valence electrons. The van der Waals surface area contributed by atoms with Gasteiger partial charge < -0.3 is 10.2 Å². The number of nitrogens with one attached hydrogen (secondary N) is 1. The molecule has 0 bridgehead atoms. The Morgan fingerprint density at radius 2 is 1.94 bits per heavy atom. The van der Waals surface area contributed by atoms with Crippen LogP contribution in [-0.2, 0) is 10.0 Å². The number of amides is 2. The highest BCUT2D eigenvalue weighted by atomic mass is 32.2. The molecule has 0 aromatic rings. The molecule has 1 aliphatic heterocycles. The molecule has 1 aliphatic rings. The van der Waals surface area contributed by atoms with Crippen molar-refractivity contribution in [3.05, 3.63) is 0 Å². The summed E-state index contributed by atoms with van der Waals surface area (Å²) in [5, 5.41) is 2.55. The molecule has 0 aliphatic carbocycles. The molecule has 7 heteroatoms. The topological polar surface area (TPSA) is 69.7 Å². The third-order valence-corrected chi connectivity index (χ3v) is 4.60. The normalized spacial score (nSPS) is 19.2. The van der Waals surface area contributed by atoms with E-state index in [1.165, 1.54) is 4.31 Å². The quantitative estimate of drug-likeness (QED) is 0.729. The van der Waals surface area contributed by atoms with E-state index >= 15 is 0 Å². The van der Waals surface area contributed by atoms with Gasteiger partial charge in [-0.3, -0.25) is 0 Å². The van der Waals surface area contributed by atoms with Crippen LogP contribution >= 0.6 is 0 Å². The molecule has 1 saturated heterocycles. The molecule has 1 fully saturated rings. The summed E-state index contributed by atoms with van der Waals surface area (Å²) < 4.78 is 24.8. The molecule has 0 spiro atoms. The first kappa shape index (κ1) is 13.2. The van der Waals surface area contributed by atoms with E-state index in [0.29, 0.717) is 32.6 Å². The number of rotatable bonds is 2. The Morgan fingerprint density at radius 1 is 1.25 bits per heavy atom. The standard InChI is InChI=1S/C9H19N3O3S/c1-3-16(14,15)12-6-4-5-11(7-8-12)9(13)10-2/h3-8H2,1-2H3,(H,10,13). The Kier molecular flexibility index (Phi) is 4.55. The van der Waals surface area contributed by atoms with E-state index < -0.39 is 10.0 Å². The predicted molar refractivity (Wildman–Crippen MR) is 61.7 cm³/mol. The molecule has 2 amide bonds. The summed E-state index contributed by atoms with van der Waals surface area (Å²) in [5.41, 5.74) is 0. The summed E-state index contributed by atoms with van der Waals surface area (Å²) in [4.78, 5) is 13.0. The van der Waals surface area contributed by atoms with Gasteiger partial charge in [0.2, 0.25) is 10.0 Å². The molecule has 0 aromatic heterocycles. The maximum Gasteiger partial charge on any atom is 0.317 e. The van der Waals surface area contributed by atoms with Crippen LogP contribution in [0.4, 0.5) is 4.79 Å². The first-order valence-electron chi connectivity index (χ1n) is 5.45. The largest absolute Gasteiger partial charge is 0.341 e. The second-order valence-electron chi connectivity index (χ2n) is 3.70. The SMILES string of the molecule is CCS(=O)(=O)N1CCCN(C(=O)NC)CC1. The van der Waals surface area contributed by atoms with E-state index in [0.717, 1.165) is 0 Å². The van der Waals surface area contributed by atoms with Gasteiger partial charge in [0.1, 0.15) is 0 Å². The molecule has 1 heterocycles. The van der Waals surface area contributed by atoms with Gasteiger partial charge in [-0.1, -0.05) is 0 Å². The molecular formula is C9H19N3O3S. The number of urea groups is 1. The summed E-state index contributed by atoms with van der Waals surface area (Å²) in [6.45, 7) is 3.60. The second kappa shape index (κ2) is 5.49. The second-order valence-corrected chi connectivity index (χ2v) is 5.95. The van der Waals surface area contributed by atoms with Gasteiger partial charge in [0.15, 0.2) is 0 Å². The zero-order valence-electron chi connectivity index (χ0n) is 9.77. The fraction of sp³-hybridized carbons (Fsp3) is 0.889. The van der Waals surface area contributed by atoms with Gasteiger partial charge in [0, 0.05) is 33.2 Å². The minimum atomic E-state index is -3.13. The lowest BCUT2D eigenvalue weighted by Crippen LogP contribution is -2.41. The van der Waals surface area contributed by atoms with Crippen molar-refractivity contribution in [2.75, 3.05) is 39.0 Å². The molecule has 6 nitrogen and oxygen atoms in total. The van der Waals surface area contributed by atoms with Crippen molar-refractivity contribution < 1.29 is 13.2 Å². The van der Waals surface area contributed by atoms with Crippen LogP contribution in [0.15, 0.2) is 0 Å². The first-order valence-corrected chi connectivity index (χ1v) is 7.06. The first-order chi connectivity index (χ1) is 7.51. The van der Waals surface area contributed by atoms with Gasteiger partial charge in [0.05, 0.1) is 5.75 Å². The van der Waals surface area contributed by atoms with Crippen molar-refractivity contribution >= 4 is 16.1 Å². The van der Waals surface area contributed by atoms with Crippen molar-refractivity contribution in [1.82, 2.24) is 14.5 Å². The highest BCUT2D eigenvalue weighted by molar-refractivity contribution is 7.89. The Hall–Kier alpha value is -0.820. The van der Waals surface area contributed by atoms with Crippen molar-refractivity contribution in [2.24, 2.45) is 0 Å². The van der Waals surface area contributed by atoms with Crippen LogP contribution in [0.25, 0.3) is 0 Å². The molecular weight excluding hydrogens is 230 g/mol. The Balaban J connectivity index is 2.63. The van der Waals surface area contributed by atoms with Crippen molar-refractivity contribution in [2.45, 2.75) is 13.3 Å². The smallest absolute Gasteiger partial charge is 0.317 e. The van der Waals surface area contributed by atoms with Crippen LogP contribution < -0.4 is 5.32 Å². The highest BCUT2D eigenvalue weighted by Gasteiger charge is 2.24. The summed E-state index contributed by atoms with van der Waals surface area (Å²) in [6.07, 6.45) is 0.687. The monoisotopic (exact) mass is 249 g/mol. The van der Waals surface area contributed by atoms with E-state index in [9.17, 15) is 13.2 Å². The number of hydrogen-bond donors (Lipinski definition) is 1. The van der Waals surface area contributed by atoms with Crippen LogP contribution in [0.3, 0.4) is 0 Å². The van der Waals surface area contributed by atoms with E-state index in [1.54, 1.807) is 18.9 Å². The Morgan fingerprint density at radius 3 is 2.50 bits per heavy atom. The van der Waals surface area contributed by atoms with Gasteiger partial charge >= 0.3 is 6.03 Å². The number of carbonyl (C=O) groups excluding carboxylic acids is 1. The van der Waals surface area contributed by atoms with Crippen LogP contribution in [0.2, 0.25) is 0 Å². The predicted octanol–water partition coefficient (Wildman–Crippen LogP) is -0.317. The number of carbonyl (C=O) groups is 1. The lowest BCUT2D eigenvalue weighted by Gasteiger charge is -2.20. The maximum atomic E-state index is 11.7. The molecule has 1 rings (SSSR count). The fourth-order valence-electron chi connectivity index (χ4n) is 1.72. The van der Waals surface area contributed by atoms with Crippen molar-refractivity contribution in [3.63, 3.8) is 0 Å². The third-order valence-electron chi connectivity index (χ3n) is 2.71. The van der Waals surface area contributed by atoms with Gasteiger partial charge in [-0.25, -0.2) is 17.5 Å². The summed E-state index contributed by atoms with van der Waals surface area (Å²) in [7, 11) is -1.55. The molecule has 0 radical (unpaired) electrons. The molecule has 0 saturated carbocycles. The molecule has 0 aromatic carbocycles. The molecule has 0 unspecified atom stereocenters. The molecule has 1 N–H and O–H groups in total. The molecule has 0 atom stereocenters. The third kappa shape index (κ3) is 3.08. The highest BCUT2D eigenvalue weighted by Crippen LogP contribution is 2.08. The minimum absolute atomic E-state index is 0.118. The zero-order valence-corrected chi connectivity index (χ0v) is 10.6. The number of sulfonamides is 1. The van der Waals surface area contributed by atoms with E-state index in [4.69, 9.17) is 0 Å². The summed E-state index contributed by atoms with van der Waals surface area (Å²) in [5.74, 6) is 0.118. The lowest BCUT2D eigenvalue weighted by molar-refractivity contribution is 0.202. The number of hydrogen-bond acceptors (Lipinski definition) is 3. The minimum Gasteiger partial charge on any atom is -0.341 e. The van der Waals surface area contributed by atoms with E-state index in [2.05, 4.69) is 5.32 Å². The van der Waals surface area contributed by atoms with Gasteiger partial charge in [-0.05, 0) is 13.3 Å². The fourth-order valence-corrected chi connectivity index (χ4v) is 2.85.